The van der Waals surface area contributed by atoms with Crippen molar-refractivity contribution in [1.29, 1.82) is 0 Å². The first-order valence-electron chi connectivity index (χ1n) is 7.04. The first kappa shape index (κ1) is 12.3. The van der Waals surface area contributed by atoms with Gasteiger partial charge in [0, 0.05) is 25.2 Å². The second kappa shape index (κ2) is 5.10. The summed E-state index contributed by atoms with van der Waals surface area (Å²) in [6, 6.07) is 8.22. The van der Waals surface area contributed by atoms with E-state index in [1.807, 2.05) is 12.1 Å². The largest absolute Gasteiger partial charge is 0.367 e. The van der Waals surface area contributed by atoms with Crippen LogP contribution in [0.25, 0.3) is 0 Å². The van der Waals surface area contributed by atoms with E-state index in [2.05, 4.69) is 22.3 Å². The van der Waals surface area contributed by atoms with Crippen molar-refractivity contribution >= 4 is 17.3 Å². The van der Waals surface area contributed by atoms with Crippen LogP contribution >= 0.6 is 11.6 Å². The summed E-state index contributed by atoms with van der Waals surface area (Å²) < 4.78 is 0. The Balaban J connectivity index is 1.80. The van der Waals surface area contributed by atoms with Crippen LogP contribution in [0, 0.1) is 0 Å². The molecule has 1 aliphatic heterocycles. The lowest BCUT2D eigenvalue weighted by Gasteiger charge is -2.47. The zero-order valence-corrected chi connectivity index (χ0v) is 11.5. The molecule has 3 rings (SSSR count). The summed E-state index contributed by atoms with van der Waals surface area (Å²) >= 11 is 6.32. The highest BCUT2D eigenvalue weighted by Crippen LogP contribution is 2.34. The number of anilines is 1. The van der Waals surface area contributed by atoms with E-state index in [0.29, 0.717) is 5.54 Å². The molecule has 1 N–H and O–H groups in total. The molecule has 1 saturated carbocycles. The molecule has 2 nitrogen and oxygen atoms in total. The maximum absolute atomic E-state index is 6.32. The lowest BCUT2D eigenvalue weighted by Crippen LogP contribution is -2.61. The zero-order valence-electron chi connectivity index (χ0n) is 10.8. The van der Waals surface area contributed by atoms with Crippen LogP contribution in [-0.4, -0.2) is 25.2 Å². The molecule has 98 valence electrons. The van der Waals surface area contributed by atoms with Gasteiger partial charge in [-0.1, -0.05) is 43.0 Å². The van der Waals surface area contributed by atoms with Crippen molar-refractivity contribution in [2.75, 3.05) is 24.5 Å². The van der Waals surface area contributed by atoms with E-state index in [9.17, 15) is 0 Å². The van der Waals surface area contributed by atoms with Crippen molar-refractivity contribution in [3.05, 3.63) is 29.3 Å². The summed E-state index contributed by atoms with van der Waals surface area (Å²) in [5.41, 5.74) is 1.54. The minimum absolute atomic E-state index is 0.343. The Morgan fingerprint density at radius 3 is 2.67 bits per heavy atom. The molecule has 0 aromatic heterocycles. The number of piperazine rings is 1. The van der Waals surface area contributed by atoms with Crippen LogP contribution in [0.4, 0.5) is 5.69 Å². The van der Waals surface area contributed by atoms with Crippen LogP contribution in [0.1, 0.15) is 32.1 Å². The highest BCUT2D eigenvalue weighted by atomic mass is 35.5. The molecular weight excluding hydrogens is 244 g/mol. The van der Waals surface area contributed by atoms with Crippen LogP contribution in [0.15, 0.2) is 24.3 Å². The van der Waals surface area contributed by atoms with Gasteiger partial charge in [-0.05, 0) is 25.0 Å². The van der Waals surface area contributed by atoms with Gasteiger partial charge >= 0.3 is 0 Å². The SMILES string of the molecule is Clc1ccccc1N1CCNC2(CCCCC2)C1. The number of halogens is 1. The minimum atomic E-state index is 0.343. The van der Waals surface area contributed by atoms with Crippen LogP contribution < -0.4 is 10.2 Å². The minimum Gasteiger partial charge on any atom is -0.367 e. The zero-order chi connectivity index (χ0) is 12.4. The molecule has 1 aliphatic carbocycles. The molecule has 1 aromatic rings. The second-order valence-electron chi connectivity index (χ2n) is 5.64. The highest BCUT2D eigenvalue weighted by Gasteiger charge is 2.36. The Bertz CT molecular complexity index is 407. The van der Waals surface area contributed by atoms with Gasteiger partial charge in [0.05, 0.1) is 10.7 Å². The number of hydrogen-bond acceptors (Lipinski definition) is 2. The average molecular weight is 265 g/mol. The van der Waals surface area contributed by atoms with Crippen molar-refractivity contribution in [3.8, 4) is 0 Å². The van der Waals surface area contributed by atoms with Gasteiger partial charge in [-0.25, -0.2) is 0 Å². The monoisotopic (exact) mass is 264 g/mol. The Morgan fingerprint density at radius 2 is 1.89 bits per heavy atom. The van der Waals surface area contributed by atoms with Gasteiger partial charge in [0.2, 0.25) is 0 Å². The van der Waals surface area contributed by atoms with Crippen molar-refractivity contribution in [1.82, 2.24) is 5.32 Å². The molecule has 1 spiro atoms. The number of benzene rings is 1. The van der Waals surface area contributed by atoms with E-state index in [-0.39, 0.29) is 0 Å². The average Bonchev–Trinajstić information content (AvgIpc) is 2.40. The normalized spacial score (nSPS) is 23.3. The predicted octanol–water partition coefficient (Wildman–Crippen LogP) is 3.45. The number of para-hydroxylation sites is 1. The summed E-state index contributed by atoms with van der Waals surface area (Å²) in [7, 11) is 0. The van der Waals surface area contributed by atoms with Crippen LogP contribution in [0.2, 0.25) is 5.02 Å². The number of hydrogen-bond donors (Lipinski definition) is 1. The molecule has 0 amide bonds. The molecule has 1 aromatic carbocycles. The molecule has 0 atom stereocenters. The van der Waals surface area contributed by atoms with Crippen molar-refractivity contribution < 1.29 is 0 Å². The molecule has 2 aliphatic rings. The van der Waals surface area contributed by atoms with Gasteiger partial charge in [0.15, 0.2) is 0 Å². The number of nitrogens with one attached hydrogen (secondary N) is 1. The van der Waals surface area contributed by atoms with E-state index in [1.54, 1.807) is 0 Å². The summed E-state index contributed by atoms with van der Waals surface area (Å²) in [6.07, 6.45) is 6.75. The Morgan fingerprint density at radius 1 is 1.11 bits per heavy atom. The molecule has 3 heteroatoms. The maximum Gasteiger partial charge on any atom is 0.0639 e. The Kier molecular flexibility index (Phi) is 3.49. The van der Waals surface area contributed by atoms with E-state index in [1.165, 1.54) is 37.8 Å². The molecule has 1 saturated heterocycles. The van der Waals surface area contributed by atoms with E-state index < -0.39 is 0 Å². The second-order valence-corrected chi connectivity index (χ2v) is 6.05. The lowest BCUT2D eigenvalue weighted by atomic mass is 9.80. The third kappa shape index (κ3) is 2.36. The summed E-state index contributed by atoms with van der Waals surface area (Å²) in [5.74, 6) is 0. The van der Waals surface area contributed by atoms with Gasteiger partial charge < -0.3 is 10.2 Å². The molecule has 0 radical (unpaired) electrons. The van der Waals surface area contributed by atoms with Gasteiger partial charge in [-0.15, -0.1) is 0 Å². The van der Waals surface area contributed by atoms with Gasteiger partial charge in [0.1, 0.15) is 0 Å². The molecular formula is C15H21ClN2. The third-order valence-electron chi connectivity index (χ3n) is 4.38. The molecule has 18 heavy (non-hydrogen) atoms. The van der Waals surface area contributed by atoms with E-state index in [4.69, 9.17) is 11.6 Å². The van der Waals surface area contributed by atoms with Gasteiger partial charge in [0.25, 0.3) is 0 Å². The molecule has 1 heterocycles. The topological polar surface area (TPSA) is 15.3 Å². The number of rotatable bonds is 1. The molecule has 0 unspecified atom stereocenters. The fraction of sp³-hybridized carbons (Fsp3) is 0.600. The summed E-state index contributed by atoms with van der Waals surface area (Å²) in [5, 5.41) is 4.65. The fourth-order valence-corrected chi connectivity index (χ4v) is 3.69. The molecule has 2 fully saturated rings. The van der Waals surface area contributed by atoms with Crippen LogP contribution in [-0.2, 0) is 0 Å². The van der Waals surface area contributed by atoms with E-state index >= 15 is 0 Å². The maximum atomic E-state index is 6.32. The summed E-state index contributed by atoms with van der Waals surface area (Å²) in [6.45, 7) is 3.24. The van der Waals surface area contributed by atoms with Crippen molar-refractivity contribution in [2.24, 2.45) is 0 Å². The molecule has 0 bridgehead atoms. The number of nitrogens with zero attached hydrogens (tertiary/aromatic N) is 1. The lowest BCUT2D eigenvalue weighted by molar-refractivity contribution is 0.216. The van der Waals surface area contributed by atoms with Crippen LogP contribution in [0.5, 0.6) is 0 Å². The summed E-state index contributed by atoms with van der Waals surface area (Å²) in [4.78, 5) is 2.46. The highest BCUT2D eigenvalue weighted by molar-refractivity contribution is 6.33. The van der Waals surface area contributed by atoms with Gasteiger partial charge in [-0.3, -0.25) is 0 Å². The van der Waals surface area contributed by atoms with E-state index in [0.717, 1.165) is 24.7 Å². The van der Waals surface area contributed by atoms with Crippen molar-refractivity contribution in [3.63, 3.8) is 0 Å². The third-order valence-corrected chi connectivity index (χ3v) is 4.70. The smallest absolute Gasteiger partial charge is 0.0639 e. The predicted molar refractivity (Wildman–Crippen MR) is 77.5 cm³/mol. The van der Waals surface area contributed by atoms with Crippen LogP contribution in [0.3, 0.4) is 0 Å². The standard InChI is InChI=1S/C15H21ClN2/c16-13-6-2-3-7-14(13)18-11-10-17-15(12-18)8-4-1-5-9-15/h2-3,6-7,17H,1,4-5,8-12H2. The Labute approximate surface area is 114 Å². The first-order chi connectivity index (χ1) is 8.79. The van der Waals surface area contributed by atoms with Gasteiger partial charge in [-0.2, -0.15) is 0 Å². The quantitative estimate of drug-likeness (QED) is 0.836. The fourth-order valence-electron chi connectivity index (χ4n) is 3.43. The van der Waals surface area contributed by atoms with Crippen molar-refractivity contribution in [2.45, 2.75) is 37.6 Å². The Hall–Kier alpha value is -0.730. The first-order valence-corrected chi connectivity index (χ1v) is 7.41.